The van der Waals surface area contributed by atoms with Gasteiger partial charge in [0.1, 0.15) is 12.6 Å². The highest BCUT2D eigenvalue weighted by Crippen LogP contribution is 2.26. The predicted molar refractivity (Wildman–Crippen MR) is 159 cm³/mol. The maximum atomic E-state index is 14.0. The highest BCUT2D eigenvalue weighted by atomic mass is 35.5. The van der Waals surface area contributed by atoms with E-state index >= 15 is 0 Å². The molecule has 3 aromatic rings. The summed E-state index contributed by atoms with van der Waals surface area (Å²) in [6.45, 7) is 5.22. The molecule has 2 amide bonds. The second-order valence-corrected chi connectivity index (χ2v) is 12.8. The molecule has 0 radical (unpaired) electrons. The number of hydrogen-bond acceptors (Lipinski definition) is 4. The first-order chi connectivity index (χ1) is 19.0. The zero-order valence-electron chi connectivity index (χ0n) is 23.1. The lowest BCUT2D eigenvalue weighted by atomic mass is 10.1. The Hall–Kier alpha value is -3.36. The van der Waals surface area contributed by atoms with Gasteiger partial charge in [-0.25, -0.2) is 8.42 Å². The second-order valence-electron chi connectivity index (χ2n) is 10.5. The largest absolute Gasteiger partial charge is 0.352 e. The lowest BCUT2D eigenvalue weighted by molar-refractivity contribution is -0.139. The van der Waals surface area contributed by atoms with E-state index in [1.165, 1.54) is 17.0 Å². The second kappa shape index (κ2) is 12.9. The molecule has 0 saturated heterocycles. The number of anilines is 1. The Kier molecular flexibility index (Phi) is 9.53. The Morgan fingerprint density at radius 1 is 0.900 bits per heavy atom. The summed E-state index contributed by atoms with van der Waals surface area (Å²) in [5.74, 6) is -0.730. The third-order valence-corrected chi connectivity index (χ3v) is 9.38. The molecule has 212 valence electrons. The van der Waals surface area contributed by atoms with E-state index in [1.807, 2.05) is 38.1 Å². The van der Waals surface area contributed by atoms with Crippen molar-refractivity contribution < 1.29 is 18.0 Å². The molecule has 7 nitrogen and oxygen atoms in total. The van der Waals surface area contributed by atoms with E-state index in [1.54, 1.807) is 43.3 Å². The number of nitrogens with zero attached hydrogens (tertiary/aromatic N) is 2. The van der Waals surface area contributed by atoms with E-state index in [2.05, 4.69) is 5.32 Å². The standard InChI is InChI=1S/C31H36ClN3O4S/c1-22-8-12-25(13-9-22)20-34(24(3)31(37)33-27-6-4-5-7-27)30(36)21-35(28-16-14-26(32)15-17-28)40(38,39)29-18-10-23(2)11-19-29/h8-19,24,27H,4-7,20-21H2,1-3H3,(H,33,37)/t24-/m1/s1. The average molecular weight is 582 g/mol. The van der Waals surface area contributed by atoms with Gasteiger partial charge >= 0.3 is 0 Å². The minimum atomic E-state index is -4.11. The molecule has 1 N–H and O–H groups in total. The van der Waals surface area contributed by atoms with Crippen LogP contribution in [0.2, 0.25) is 5.02 Å². The van der Waals surface area contributed by atoms with Gasteiger partial charge in [0, 0.05) is 17.6 Å². The topological polar surface area (TPSA) is 86.8 Å². The summed E-state index contributed by atoms with van der Waals surface area (Å²) in [4.78, 5) is 28.8. The first kappa shape index (κ1) is 29.6. The SMILES string of the molecule is Cc1ccc(CN(C(=O)CN(c2ccc(Cl)cc2)S(=O)(=O)c2ccc(C)cc2)[C@H](C)C(=O)NC2CCCC2)cc1. The summed E-state index contributed by atoms with van der Waals surface area (Å²) in [7, 11) is -4.11. The van der Waals surface area contributed by atoms with Gasteiger partial charge in [-0.05, 0) is 75.6 Å². The number of hydrogen-bond donors (Lipinski definition) is 1. The molecule has 3 aromatic carbocycles. The minimum Gasteiger partial charge on any atom is -0.352 e. The van der Waals surface area contributed by atoms with E-state index in [-0.39, 0.29) is 23.4 Å². The number of aryl methyl sites for hydroxylation is 2. The van der Waals surface area contributed by atoms with Crippen molar-refractivity contribution in [2.75, 3.05) is 10.8 Å². The molecule has 9 heteroatoms. The molecule has 0 aromatic heterocycles. The van der Waals surface area contributed by atoms with Gasteiger partial charge in [0.25, 0.3) is 10.0 Å². The van der Waals surface area contributed by atoms with E-state index in [0.29, 0.717) is 10.7 Å². The Bertz CT molecular complexity index is 1420. The fourth-order valence-corrected chi connectivity index (χ4v) is 6.38. The van der Waals surface area contributed by atoms with Crippen LogP contribution >= 0.6 is 11.6 Å². The van der Waals surface area contributed by atoms with E-state index in [0.717, 1.165) is 46.7 Å². The maximum Gasteiger partial charge on any atom is 0.264 e. The van der Waals surface area contributed by atoms with Gasteiger partial charge < -0.3 is 10.2 Å². The van der Waals surface area contributed by atoms with Crippen LogP contribution in [0, 0.1) is 13.8 Å². The molecule has 1 fully saturated rings. The number of amides is 2. The molecular weight excluding hydrogens is 546 g/mol. The molecule has 0 heterocycles. The highest BCUT2D eigenvalue weighted by molar-refractivity contribution is 7.92. The van der Waals surface area contributed by atoms with Crippen LogP contribution in [-0.2, 0) is 26.2 Å². The van der Waals surface area contributed by atoms with Gasteiger partial charge in [-0.15, -0.1) is 0 Å². The van der Waals surface area contributed by atoms with Crippen molar-refractivity contribution in [3.05, 3.63) is 94.5 Å². The summed E-state index contributed by atoms with van der Waals surface area (Å²) in [6.07, 6.45) is 3.98. The molecular formula is C31H36ClN3O4S. The van der Waals surface area contributed by atoms with Crippen molar-refractivity contribution in [2.24, 2.45) is 0 Å². The molecule has 0 unspecified atom stereocenters. The van der Waals surface area contributed by atoms with Crippen molar-refractivity contribution in [1.82, 2.24) is 10.2 Å². The third-order valence-electron chi connectivity index (χ3n) is 7.34. The summed E-state index contributed by atoms with van der Waals surface area (Å²) in [5.41, 5.74) is 3.14. The van der Waals surface area contributed by atoms with Crippen LogP contribution < -0.4 is 9.62 Å². The van der Waals surface area contributed by atoms with Crippen LogP contribution in [0.3, 0.4) is 0 Å². The molecule has 1 aliphatic rings. The van der Waals surface area contributed by atoms with Crippen molar-refractivity contribution in [3.63, 3.8) is 0 Å². The van der Waals surface area contributed by atoms with Gasteiger partial charge in [-0.3, -0.25) is 13.9 Å². The van der Waals surface area contributed by atoms with Gasteiger partial charge in [0.15, 0.2) is 0 Å². The predicted octanol–water partition coefficient (Wildman–Crippen LogP) is 5.63. The molecule has 4 rings (SSSR count). The maximum absolute atomic E-state index is 14.0. The van der Waals surface area contributed by atoms with Crippen LogP contribution in [-0.4, -0.2) is 43.8 Å². The number of halogens is 1. The van der Waals surface area contributed by atoms with Crippen molar-refractivity contribution in [2.45, 2.75) is 70.0 Å². The quantitative estimate of drug-likeness (QED) is 0.336. The molecule has 1 aliphatic carbocycles. The van der Waals surface area contributed by atoms with Crippen LogP contribution in [0.25, 0.3) is 0 Å². The number of benzene rings is 3. The Morgan fingerprint density at radius 2 is 1.45 bits per heavy atom. The number of carbonyl (C=O) groups is 2. The molecule has 40 heavy (non-hydrogen) atoms. The first-order valence-corrected chi connectivity index (χ1v) is 15.4. The summed E-state index contributed by atoms with van der Waals surface area (Å²) < 4.78 is 28.8. The molecule has 0 bridgehead atoms. The normalized spacial score (nSPS) is 14.5. The van der Waals surface area contributed by atoms with Gasteiger partial charge in [-0.1, -0.05) is 72.0 Å². The number of rotatable bonds is 10. The molecule has 0 aliphatic heterocycles. The van der Waals surface area contributed by atoms with E-state index in [4.69, 9.17) is 11.6 Å². The average Bonchev–Trinajstić information content (AvgIpc) is 3.44. The summed E-state index contributed by atoms with van der Waals surface area (Å²) in [6, 6.07) is 19.8. The Balaban J connectivity index is 1.67. The van der Waals surface area contributed by atoms with Gasteiger partial charge in [-0.2, -0.15) is 0 Å². The molecule has 1 atom stereocenters. The lowest BCUT2D eigenvalue weighted by Gasteiger charge is -2.32. The van der Waals surface area contributed by atoms with Crippen molar-refractivity contribution in [1.29, 1.82) is 0 Å². The van der Waals surface area contributed by atoms with Crippen molar-refractivity contribution in [3.8, 4) is 0 Å². The van der Waals surface area contributed by atoms with Crippen LogP contribution in [0.4, 0.5) is 5.69 Å². The van der Waals surface area contributed by atoms with Crippen molar-refractivity contribution >= 4 is 39.1 Å². The lowest BCUT2D eigenvalue weighted by Crippen LogP contribution is -2.52. The van der Waals surface area contributed by atoms with Crippen LogP contribution in [0.5, 0.6) is 0 Å². The van der Waals surface area contributed by atoms with Gasteiger partial charge in [0.05, 0.1) is 10.6 Å². The third kappa shape index (κ3) is 7.23. The molecule has 1 saturated carbocycles. The monoisotopic (exact) mass is 581 g/mol. The first-order valence-electron chi connectivity index (χ1n) is 13.5. The molecule has 0 spiro atoms. The zero-order chi connectivity index (χ0) is 28.9. The minimum absolute atomic E-state index is 0.0676. The number of nitrogens with one attached hydrogen (secondary N) is 1. The van der Waals surface area contributed by atoms with Crippen LogP contribution in [0.1, 0.15) is 49.3 Å². The Morgan fingerprint density at radius 3 is 2.02 bits per heavy atom. The smallest absolute Gasteiger partial charge is 0.264 e. The number of carbonyl (C=O) groups excluding carboxylic acids is 2. The zero-order valence-corrected chi connectivity index (χ0v) is 24.7. The highest BCUT2D eigenvalue weighted by Gasteiger charge is 2.33. The van der Waals surface area contributed by atoms with E-state index in [9.17, 15) is 18.0 Å². The fourth-order valence-electron chi connectivity index (χ4n) is 4.84. The van der Waals surface area contributed by atoms with E-state index < -0.39 is 28.5 Å². The summed E-state index contributed by atoms with van der Waals surface area (Å²) in [5, 5.41) is 3.53. The Labute approximate surface area is 242 Å². The fraction of sp³-hybridized carbons (Fsp3) is 0.355. The number of sulfonamides is 1. The summed E-state index contributed by atoms with van der Waals surface area (Å²) >= 11 is 6.08. The van der Waals surface area contributed by atoms with Gasteiger partial charge in [0.2, 0.25) is 11.8 Å². The van der Waals surface area contributed by atoms with Crippen LogP contribution in [0.15, 0.2) is 77.7 Å².